The number of ether oxygens (including phenoxy) is 1. The minimum Gasteiger partial charge on any atom is -0.476 e. The van der Waals surface area contributed by atoms with Crippen LogP contribution in [0.4, 0.5) is 5.69 Å². The highest BCUT2D eigenvalue weighted by Gasteiger charge is 2.22. The van der Waals surface area contributed by atoms with Crippen molar-refractivity contribution in [3.63, 3.8) is 0 Å². The lowest BCUT2D eigenvalue weighted by Gasteiger charge is -2.14. The smallest absolute Gasteiger partial charge is 0.313 e. The zero-order valence-electron chi connectivity index (χ0n) is 17.6. The molecule has 1 amide bonds. The Morgan fingerprint density at radius 3 is 2.79 bits per heavy atom. The lowest BCUT2D eigenvalue weighted by Crippen LogP contribution is -2.24. The first-order chi connectivity index (χ1) is 15.6. The van der Waals surface area contributed by atoms with Crippen molar-refractivity contribution in [1.82, 2.24) is 9.66 Å². The van der Waals surface area contributed by atoms with E-state index in [2.05, 4.69) is 26.0 Å². The molecule has 33 heavy (non-hydrogen) atoms. The van der Waals surface area contributed by atoms with Gasteiger partial charge < -0.3 is 10.5 Å². The number of hydrogen-bond acceptors (Lipinski definition) is 7. The van der Waals surface area contributed by atoms with Crippen LogP contribution in [-0.2, 0) is 4.79 Å². The Bertz CT molecular complexity index is 1340. The van der Waals surface area contributed by atoms with Crippen molar-refractivity contribution in [3.05, 3.63) is 71.7 Å². The molecule has 172 valence electrons. The number of fused-ring (bicyclic) bond motifs is 1. The van der Waals surface area contributed by atoms with Gasteiger partial charge in [0.15, 0.2) is 6.61 Å². The normalized spacial score (nSPS) is 12.2. The number of nitrogens with two attached hydrogens (primary N) is 1. The first-order valence-electron chi connectivity index (χ1n) is 9.78. The number of hydrogen-bond donors (Lipinski definition) is 1. The summed E-state index contributed by atoms with van der Waals surface area (Å²) in [5.74, 6) is -0.754. The molecule has 1 heterocycles. The number of rotatable bonds is 8. The summed E-state index contributed by atoms with van der Waals surface area (Å²) in [6.45, 7) is 3.27. The van der Waals surface area contributed by atoms with Gasteiger partial charge in [0.25, 0.3) is 11.5 Å². The van der Waals surface area contributed by atoms with Crippen LogP contribution >= 0.6 is 27.5 Å². The standard InChI is InChI=1S/C21H19BrClN5O5/c1-3-11(2)20-26-16-5-4-13(22)7-15(16)21(30)27(20)25-9-12-6-14(23)8-17(28(31)32)19(12)33-10-18(24)29/h4-9,11H,3,10H2,1-2H3,(H2,24,29)/t11-/m0/s1. The molecule has 0 radical (unpaired) electrons. The Kier molecular flexibility index (Phi) is 7.44. The molecule has 3 rings (SSSR count). The Morgan fingerprint density at radius 2 is 2.15 bits per heavy atom. The molecule has 10 nitrogen and oxygen atoms in total. The molecule has 0 fully saturated rings. The SMILES string of the molecule is CC[C@H](C)c1nc2ccc(Br)cc2c(=O)n1N=Cc1cc(Cl)cc([N+](=O)[O-])c1OCC(N)=O. The fraction of sp³-hybridized carbons (Fsp3) is 0.238. The number of primary amides is 1. The van der Waals surface area contributed by atoms with Gasteiger partial charge in [0.05, 0.1) is 22.0 Å². The summed E-state index contributed by atoms with van der Waals surface area (Å²) in [7, 11) is 0. The summed E-state index contributed by atoms with van der Waals surface area (Å²) in [4.78, 5) is 39.8. The second kappa shape index (κ2) is 10.1. The minimum atomic E-state index is -0.818. The van der Waals surface area contributed by atoms with Gasteiger partial charge in [0.1, 0.15) is 5.82 Å². The molecule has 2 aromatic carbocycles. The highest BCUT2D eigenvalue weighted by molar-refractivity contribution is 9.10. The number of nitro benzene ring substituents is 1. The molecular weight excluding hydrogens is 518 g/mol. The molecule has 3 aromatic rings. The van der Waals surface area contributed by atoms with E-state index in [0.29, 0.717) is 27.6 Å². The monoisotopic (exact) mass is 535 g/mol. The van der Waals surface area contributed by atoms with E-state index in [1.165, 1.54) is 12.3 Å². The molecule has 0 aliphatic carbocycles. The third-order valence-corrected chi connectivity index (χ3v) is 5.53. The number of halogens is 2. The number of aromatic nitrogens is 2. The van der Waals surface area contributed by atoms with Crippen molar-refractivity contribution in [2.45, 2.75) is 26.2 Å². The molecule has 1 aromatic heterocycles. The molecule has 0 bridgehead atoms. The molecule has 0 aliphatic rings. The van der Waals surface area contributed by atoms with E-state index in [-0.39, 0.29) is 22.3 Å². The molecule has 1 atom stereocenters. The Balaban J connectivity index is 2.23. The highest BCUT2D eigenvalue weighted by Crippen LogP contribution is 2.34. The predicted molar refractivity (Wildman–Crippen MR) is 128 cm³/mol. The summed E-state index contributed by atoms with van der Waals surface area (Å²) >= 11 is 9.39. The van der Waals surface area contributed by atoms with Crippen LogP contribution in [0.2, 0.25) is 5.02 Å². The Labute approximate surface area is 201 Å². The summed E-state index contributed by atoms with van der Waals surface area (Å²) in [6, 6.07) is 7.62. The van der Waals surface area contributed by atoms with Crippen molar-refractivity contribution < 1.29 is 14.5 Å². The largest absolute Gasteiger partial charge is 0.476 e. The maximum Gasteiger partial charge on any atom is 0.313 e. The first kappa shape index (κ1) is 24.3. The van der Waals surface area contributed by atoms with Gasteiger partial charge in [-0.05, 0) is 30.7 Å². The van der Waals surface area contributed by atoms with Gasteiger partial charge in [-0.15, -0.1) is 0 Å². The zero-order valence-corrected chi connectivity index (χ0v) is 20.0. The van der Waals surface area contributed by atoms with Crippen LogP contribution < -0.4 is 16.0 Å². The van der Waals surface area contributed by atoms with Gasteiger partial charge in [-0.2, -0.15) is 9.78 Å². The van der Waals surface area contributed by atoms with Crippen molar-refractivity contribution >= 4 is 56.2 Å². The number of carbonyl (C=O) groups excluding carboxylic acids is 1. The van der Waals surface area contributed by atoms with E-state index >= 15 is 0 Å². The maximum absolute atomic E-state index is 13.2. The fourth-order valence-corrected chi connectivity index (χ4v) is 3.61. The number of carbonyl (C=O) groups is 1. The molecule has 12 heteroatoms. The van der Waals surface area contributed by atoms with Gasteiger partial charge in [-0.25, -0.2) is 4.98 Å². The fourth-order valence-electron chi connectivity index (χ4n) is 3.03. The minimum absolute atomic E-state index is 0.0460. The van der Waals surface area contributed by atoms with Crippen molar-refractivity contribution in [3.8, 4) is 5.75 Å². The topological polar surface area (TPSA) is 143 Å². The van der Waals surface area contributed by atoms with E-state index in [9.17, 15) is 19.7 Å². The van der Waals surface area contributed by atoms with Crippen LogP contribution in [0, 0.1) is 10.1 Å². The first-order valence-corrected chi connectivity index (χ1v) is 10.9. The average molecular weight is 537 g/mol. The van der Waals surface area contributed by atoms with Crippen LogP contribution in [0.15, 0.2) is 44.7 Å². The van der Waals surface area contributed by atoms with E-state index < -0.39 is 28.7 Å². The summed E-state index contributed by atoms with van der Waals surface area (Å²) in [5, 5.41) is 16.2. The Hall–Kier alpha value is -3.31. The molecule has 0 spiro atoms. The second-order valence-electron chi connectivity index (χ2n) is 7.16. The summed E-state index contributed by atoms with van der Waals surface area (Å²) in [6.07, 6.45) is 1.90. The van der Waals surface area contributed by atoms with Gasteiger partial charge in [0, 0.05) is 27.0 Å². The predicted octanol–water partition coefficient (Wildman–Crippen LogP) is 3.98. The molecule has 0 unspecified atom stereocenters. The third-order valence-electron chi connectivity index (χ3n) is 4.82. The second-order valence-corrected chi connectivity index (χ2v) is 8.51. The number of amides is 1. The van der Waals surface area contributed by atoms with E-state index in [1.807, 2.05) is 13.8 Å². The molecule has 0 aliphatic heterocycles. The Morgan fingerprint density at radius 1 is 1.42 bits per heavy atom. The van der Waals surface area contributed by atoms with Crippen molar-refractivity contribution in [2.24, 2.45) is 10.8 Å². The van der Waals surface area contributed by atoms with Gasteiger partial charge >= 0.3 is 5.69 Å². The van der Waals surface area contributed by atoms with E-state index in [0.717, 1.165) is 10.7 Å². The lowest BCUT2D eigenvalue weighted by atomic mass is 10.1. The average Bonchev–Trinajstić information content (AvgIpc) is 2.76. The van der Waals surface area contributed by atoms with E-state index in [1.54, 1.807) is 18.2 Å². The highest BCUT2D eigenvalue weighted by atomic mass is 79.9. The third kappa shape index (κ3) is 5.37. The summed E-state index contributed by atoms with van der Waals surface area (Å²) in [5.41, 5.74) is 4.84. The molecule has 0 saturated carbocycles. The summed E-state index contributed by atoms with van der Waals surface area (Å²) < 4.78 is 7.12. The maximum atomic E-state index is 13.2. The number of nitrogens with zero attached hydrogens (tertiary/aromatic N) is 4. The number of benzene rings is 2. The number of nitro groups is 1. The molecule has 2 N–H and O–H groups in total. The van der Waals surface area contributed by atoms with Crippen LogP contribution in [0.25, 0.3) is 10.9 Å². The van der Waals surface area contributed by atoms with Crippen LogP contribution in [-0.4, -0.2) is 33.3 Å². The van der Waals surface area contributed by atoms with Crippen molar-refractivity contribution in [2.75, 3.05) is 6.61 Å². The molecular formula is C21H19BrClN5O5. The van der Waals surface area contributed by atoms with Gasteiger partial charge in [-0.3, -0.25) is 19.7 Å². The molecule has 0 saturated heterocycles. The quantitative estimate of drug-likeness (QED) is 0.262. The zero-order chi connectivity index (χ0) is 24.3. The lowest BCUT2D eigenvalue weighted by molar-refractivity contribution is -0.385. The van der Waals surface area contributed by atoms with Gasteiger partial charge in [0.2, 0.25) is 5.75 Å². The van der Waals surface area contributed by atoms with E-state index in [4.69, 9.17) is 22.1 Å². The van der Waals surface area contributed by atoms with Gasteiger partial charge in [-0.1, -0.05) is 41.4 Å². The van der Waals surface area contributed by atoms with Crippen LogP contribution in [0.5, 0.6) is 5.75 Å². The van der Waals surface area contributed by atoms with Crippen molar-refractivity contribution in [1.29, 1.82) is 0 Å². The van der Waals surface area contributed by atoms with Crippen LogP contribution in [0.3, 0.4) is 0 Å². The van der Waals surface area contributed by atoms with Crippen LogP contribution in [0.1, 0.15) is 37.6 Å².